The monoisotopic (exact) mass is 281 g/mol. The molecule has 1 aromatic carbocycles. The van der Waals surface area contributed by atoms with Crippen molar-refractivity contribution in [3.8, 4) is 6.07 Å². The maximum atomic E-state index is 11.6. The molecule has 5 nitrogen and oxygen atoms in total. The summed E-state index contributed by atoms with van der Waals surface area (Å²) in [4.78, 5) is 16.1. The molecule has 2 aromatic rings. The Labute approximate surface area is 122 Å². The first-order chi connectivity index (χ1) is 10.1. The predicted molar refractivity (Wildman–Crippen MR) is 78.9 cm³/mol. The fourth-order valence-electron chi connectivity index (χ4n) is 2.89. The van der Waals surface area contributed by atoms with Gasteiger partial charge in [-0.15, -0.1) is 0 Å². The highest BCUT2D eigenvalue weighted by atomic mass is 16.4. The third-order valence-corrected chi connectivity index (χ3v) is 4.07. The molecule has 1 saturated carbocycles. The van der Waals surface area contributed by atoms with Crippen LogP contribution >= 0.6 is 0 Å². The third kappa shape index (κ3) is 2.29. The Hall–Kier alpha value is -2.61. The summed E-state index contributed by atoms with van der Waals surface area (Å²) in [5.74, 6) is -0.514. The van der Waals surface area contributed by atoms with Crippen LogP contribution in [0.4, 0.5) is 5.82 Å². The van der Waals surface area contributed by atoms with E-state index in [-0.39, 0.29) is 0 Å². The number of nitriles is 1. The van der Waals surface area contributed by atoms with E-state index in [1.54, 1.807) is 6.07 Å². The van der Waals surface area contributed by atoms with Crippen molar-refractivity contribution in [1.29, 1.82) is 5.26 Å². The van der Waals surface area contributed by atoms with Crippen LogP contribution in [0.1, 0.15) is 31.2 Å². The van der Waals surface area contributed by atoms with Crippen LogP contribution in [0, 0.1) is 11.3 Å². The summed E-state index contributed by atoms with van der Waals surface area (Å²) in [5.41, 5.74) is 0.125. The molecule has 1 heterocycles. The number of aromatic nitrogens is 1. The number of anilines is 1. The van der Waals surface area contributed by atoms with Crippen LogP contribution in [0.5, 0.6) is 0 Å². The normalized spacial score (nSPS) is 16.5. The first kappa shape index (κ1) is 13.4. The molecule has 106 valence electrons. The van der Waals surface area contributed by atoms with E-state index in [4.69, 9.17) is 0 Å². The first-order valence-electron chi connectivity index (χ1n) is 6.96. The molecule has 1 aliphatic carbocycles. The summed E-state index contributed by atoms with van der Waals surface area (Å²) in [6, 6.07) is 11.3. The molecule has 1 aliphatic rings. The van der Waals surface area contributed by atoms with Gasteiger partial charge in [0.15, 0.2) is 0 Å². The first-order valence-corrected chi connectivity index (χ1v) is 6.96. The van der Waals surface area contributed by atoms with Crippen molar-refractivity contribution in [2.45, 2.75) is 31.2 Å². The Morgan fingerprint density at radius 3 is 2.71 bits per heavy atom. The number of para-hydroxylation sites is 1. The lowest BCUT2D eigenvalue weighted by molar-refractivity contribution is -0.142. The van der Waals surface area contributed by atoms with E-state index in [0.29, 0.717) is 24.2 Å². The van der Waals surface area contributed by atoms with Crippen LogP contribution in [-0.4, -0.2) is 21.6 Å². The van der Waals surface area contributed by atoms with Crippen molar-refractivity contribution in [1.82, 2.24) is 4.98 Å². The number of fused-ring (bicyclic) bond motifs is 1. The molecular weight excluding hydrogens is 266 g/mol. The van der Waals surface area contributed by atoms with Gasteiger partial charge in [0.1, 0.15) is 17.4 Å². The number of carboxylic acids is 1. The van der Waals surface area contributed by atoms with Gasteiger partial charge in [0.05, 0.1) is 11.1 Å². The van der Waals surface area contributed by atoms with Crippen molar-refractivity contribution in [3.63, 3.8) is 0 Å². The molecule has 0 aliphatic heterocycles. The Balaban J connectivity index is 2.07. The summed E-state index contributed by atoms with van der Waals surface area (Å²) >= 11 is 0. The van der Waals surface area contributed by atoms with Gasteiger partial charge in [-0.3, -0.25) is 0 Å². The summed E-state index contributed by atoms with van der Waals surface area (Å²) in [6.45, 7) is 0. The maximum Gasteiger partial charge on any atom is 0.329 e. The second-order valence-electron chi connectivity index (χ2n) is 5.41. The highest BCUT2D eigenvalue weighted by Crippen LogP contribution is 2.34. The lowest BCUT2D eigenvalue weighted by Gasteiger charge is -2.26. The lowest BCUT2D eigenvalue weighted by Crippen LogP contribution is -2.44. The molecule has 1 aromatic heterocycles. The summed E-state index contributed by atoms with van der Waals surface area (Å²) in [7, 11) is 0. The smallest absolute Gasteiger partial charge is 0.329 e. The van der Waals surface area contributed by atoms with Gasteiger partial charge in [-0.05, 0) is 25.0 Å². The Bertz CT molecular complexity index is 743. The van der Waals surface area contributed by atoms with Gasteiger partial charge in [0.25, 0.3) is 0 Å². The number of rotatable bonds is 3. The average molecular weight is 281 g/mol. The summed E-state index contributed by atoms with van der Waals surface area (Å²) < 4.78 is 0. The number of benzene rings is 1. The van der Waals surface area contributed by atoms with Crippen molar-refractivity contribution in [3.05, 3.63) is 35.9 Å². The van der Waals surface area contributed by atoms with Gasteiger partial charge in [0.2, 0.25) is 0 Å². The van der Waals surface area contributed by atoms with Crippen LogP contribution in [0.2, 0.25) is 0 Å². The minimum Gasteiger partial charge on any atom is -0.480 e. The van der Waals surface area contributed by atoms with Crippen LogP contribution in [0.25, 0.3) is 10.9 Å². The molecule has 5 heteroatoms. The van der Waals surface area contributed by atoms with Gasteiger partial charge in [0, 0.05) is 5.39 Å². The average Bonchev–Trinajstić information content (AvgIpc) is 2.96. The van der Waals surface area contributed by atoms with Crippen molar-refractivity contribution in [2.24, 2.45) is 0 Å². The quantitative estimate of drug-likeness (QED) is 0.903. The van der Waals surface area contributed by atoms with E-state index in [0.717, 1.165) is 23.7 Å². The largest absolute Gasteiger partial charge is 0.480 e. The zero-order valence-electron chi connectivity index (χ0n) is 11.5. The van der Waals surface area contributed by atoms with E-state index < -0.39 is 11.5 Å². The number of pyridine rings is 1. The fourth-order valence-corrected chi connectivity index (χ4v) is 2.89. The Morgan fingerprint density at radius 2 is 2.05 bits per heavy atom. The van der Waals surface area contributed by atoms with Gasteiger partial charge >= 0.3 is 5.97 Å². The van der Waals surface area contributed by atoms with E-state index in [9.17, 15) is 15.2 Å². The topological polar surface area (TPSA) is 86.0 Å². The number of carboxylic acid groups (broad SMARTS) is 1. The molecular formula is C16H15N3O2. The van der Waals surface area contributed by atoms with Gasteiger partial charge < -0.3 is 10.4 Å². The number of hydrogen-bond acceptors (Lipinski definition) is 4. The molecule has 21 heavy (non-hydrogen) atoms. The molecule has 0 atom stereocenters. The van der Waals surface area contributed by atoms with E-state index in [1.165, 1.54) is 0 Å². The van der Waals surface area contributed by atoms with Crippen molar-refractivity contribution >= 4 is 22.7 Å². The van der Waals surface area contributed by atoms with Crippen molar-refractivity contribution in [2.75, 3.05) is 5.32 Å². The number of nitrogens with zero attached hydrogens (tertiary/aromatic N) is 2. The van der Waals surface area contributed by atoms with Crippen molar-refractivity contribution < 1.29 is 9.90 Å². The molecule has 0 amide bonds. The van der Waals surface area contributed by atoms with Crippen LogP contribution in [0.3, 0.4) is 0 Å². The Kier molecular flexibility index (Phi) is 3.22. The van der Waals surface area contributed by atoms with Gasteiger partial charge in [-0.2, -0.15) is 5.26 Å². The number of aliphatic carboxylic acids is 1. The molecule has 2 N–H and O–H groups in total. The minimum atomic E-state index is -0.999. The maximum absolute atomic E-state index is 11.6. The minimum absolute atomic E-state index is 0.362. The third-order valence-electron chi connectivity index (χ3n) is 4.07. The van der Waals surface area contributed by atoms with E-state index in [1.807, 2.05) is 24.3 Å². The molecule has 1 fully saturated rings. The lowest BCUT2D eigenvalue weighted by atomic mass is 9.97. The summed E-state index contributed by atoms with van der Waals surface area (Å²) in [6.07, 6.45) is 2.85. The van der Waals surface area contributed by atoms with Crippen LogP contribution < -0.4 is 5.32 Å². The predicted octanol–water partition coefficient (Wildman–Crippen LogP) is 2.92. The number of hydrogen-bond donors (Lipinski definition) is 2. The molecule has 0 bridgehead atoms. The zero-order chi connectivity index (χ0) is 14.9. The summed E-state index contributed by atoms with van der Waals surface area (Å²) in [5, 5.41) is 22.7. The zero-order valence-corrected chi connectivity index (χ0v) is 11.5. The SMILES string of the molecule is N#Cc1cc2ccccc2nc1NC1(C(=O)O)CCCC1. The molecule has 0 saturated heterocycles. The van der Waals surface area contributed by atoms with E-state index >= 15 is 0 Å². The highest BCUT2D eigenvalue weighted by molar-refractivity contribution is 5.86. The highest BCUT2D eigenvalue weighted by Gasteiger charge is 2.42. The van der Waals surface area contributed by atoms with Crippen LogP contribution in [-0.2, 0) is 4.79 Å². The number of nitrogens with one attached hydrogen (secondary N) is 1. The fraction of sp³-hybridized carbons (Fsp3) is 0.312. The Morgan fingerprint density at radius 1 is 1.33 bits per heavy atom. The standard InChI is InChI=1S/C16H15N3O2/c17-10-12-9-11-5-1-2-6-13(11)18-14(12)19-16(15(20)21)7-3-4-8-16/h1-2,5-6,9H,3-4,7-8H2,(H,18,19)(H,20,21). The molecule has 0 radical (unpaired) electrons. The molecule has 0 unspecified atom stereocenters. The molecule has 0 spiro atoms. The second-order valence-corrected chi connectivity index (χ2v) is 5.41. The van der Waals surface area contributed by atoms with Gasteiger partial charge in [-0.25, -0.2) is 9.78 Å². The second kappa shape index (κ2) is 5.06. The molecule has 3 rings (SSSR count). The van der Waals surface area contributed by atoms with E-state index in [2.05, 4.69) is 16.4 Å². The van der Waals surface area contributed by atoms with Gasteiger partial charge in [-0.1, -0.05) is 31.0 Å². The van der Waals surface area contributed by atoms with Crippen LogP contribution in [0.15, 0.2) is 30.3 Å². The number of carbonyl (C=O) groups is 1.